The number of hydrogen-bond donors (Lipinski definition) is 0. The first-order chi connectivity index (χ1) is 18.7. The molecule has 0 aliphatic heterocycles. The van der Waals surface area contributed by atoms with Crippen LogP contribution in [0.2, 0.25) is 0 Å². The summed E-state index contributed by atoms with van der Waals surface area (Å²) in [6, 6.07) is 0. The van der Waals surface area contributed by atoms with E-state index in [0.29, 0.717) is 0 Å². The molecule has 39 heavy (non-hydrogen) atoms. The molecule has 236 valence electrons. The third-order valence-corrected chi connectivity index (χ3v) is 9.23. The van der Waals surface area contributed by atoms with Crippen molar-refractivity contribution in [3.8, 4) is 0 Å². The van der Waals surface area contributed by atoms with E-state index in [9.17, 15) is 8.42 Å². The van der Waals surface area contributed by atoms with Gasteiger partial charge in [-0.05, 0) is 36.5 Å². The van der Waals surface area contributed by atoms with Crippen molar-refractivity contribution in [3.05, 3.63) is 0 Å². The summed E-state index contributed by atoms with van der Waals surface area (Å²) in [6.07, 6.45) is 28.3. The highest BCUT2D eigenvalue weighted by molar-refractivity contribution is 7.81. The number of hydrogen-bond acceptors (Lipinski definition) is 4. The summed E-state index contributed by atoms with van der Waals surface area (Å²) in [5.41, 5.74) is 0. The smallest absolute Gasteiger partial charge is 0.248 e. The summed E-state index contributed by atoms with van der Waals surface area (Å²) in [5, 5.41) is 0. The van der Waals surface area contributed by atoms with Gasteiger partial charge in [0.15, 0.2) is 0 Å². The summed E-state index contributed by atoms with van der Waals surface area (Å²) in [7, 11) is -3.89. The van der Waals surface area contributed by atoms with Crippen LogP contribution in [0, 0.1) is 23.7 Å². The zero-order valence-corrected chi connectivity index (χ0v) is 28.1. The van der Waals surface area contributed by atoms with E-state index in [1.54, 1.807) is 0 Å². The van der Waals surface area contributed by atoms with Crippen LogP contribution in [0.3, 0.4) is 0 Å². The Hall–Kier alpha value is -0.130. The molecule has 0 N–H and O–H groups in total. The molecule has 0 amide bonds. The fourth-order valence-corrected chi connectivity index (χ4v) is 6.24. The van der Waals surface area contributed by atoms with Crippen LogP contribution in [0.15, 0.2) is 0 Å². The van der Waals surface area contributed by atoms with E-state index < -0.39 is 10.4 Å². The topological polar surface area (TPSA) is 52.6 Å². The van der Waals surface area contributed by atoms with Crippen molar-refractivity contribution < 1.29 is 16.8 Å². The third-order valence-electron chi connectivity index (χ3n) is 8.38. The van der Waals surface area contributed by atoms with Crippen molar-refractivity contribution in [2.75, 3.05) is 13.2 Å². The molecule has 0 rings (SSSR count). The Morgan fingerprint density at radius 2 is 0.667 bits per heavy atom. The van der Waals surface area contributed by atoms with Crippen LogP contribution in [-0.4, -0.2) is 21.6 Å². The van der Waals surface area contributed by atoms with Gasteiger partial charge in [0.25, 0.3) is 0 Å². The zero-order chi connectivity index (χ0) is 29.2. The molecule has 4 nitrogen and oxygen atoms in total. The molecule has 0 aromatic rings. The molecule has 4 atom stereocenters. The molecule has 0 radical (unpaired) electrons. The van der Waals surface area contributed by atoms with Crippen molar-refractivity contribution in [1.29, 1.82) is 0 Å². The lowest BCUT2D eigenvalue weighted by molar-refractivity contribution is 0.170. The van der Waals surface area contributed by atoms with Crippen LogP contribution in [0.1, 0.15) is 183 Å². The normalized spacial score (nSPS) is 15.3. The summed E-state index contributed by atoms with van der Waals surface area (Å²) in [6.45, 7) is 13.9. The lowest BCUT2D eigenvalue weighted by atomic mass is 9.96. The lowest BCUT2D eigenvalue weighted by Crippen LogP contribution is -2.18. The average Bonchev–Trinajstić information content (AvgIpc) is 2.91. The quantitative estimate of drug-likeness (QED) is 0.0800. The van der Waals surface area contributed by atoms with E-state index in [0.717, 1.165) is 37.5 Å². The Bertz CT molecular complexity index is 560. The van der Waals surface area contributed by atoms with Crippen LogP contribution < -0.4 is 0 Å². The van der Waals surface area contributed by atoms with E-state index in [2.05, 4.69) is 41.5 Å². The third kappa shape index (κ3) is 27.8. The monoisotopic (exact) mass is 574 g/mol. The Morgan fingerprint density at radius 1 is 0.410 bits per heavy atom. The molecule has 0 saturated carbocycles. The highest BCUT2D eigenvalue weighted by Crippen LogP contribution is 2.20. The van der Waals surface area contributed by atoms with Crippen LogP contribution in [0.4, 0.5) is 0 Å². The lowest BCUT2D eigenvalue weighted by Gasteiger charge is -2.14. The fraction of sp³-hybridized carbons (Fsp3) is 1.00. The minimum Gasteiger partial charge on any atom is -0.248 e. The molecule has 0 aliphatic carbocycles. The van der Waals surface area contributed by atoms with Crippen LogP contribution in [0.5, 0.6) is 0 Å². The Balaban J connectivity index is 3.65. The maximum Gasteiger partial charge on any atom is 0.399 e. The second-order valence-corrected chi connectivity index (χ2v) is 14.4. The molecule has 0 aliphatic rings. The highest BCUT2D eigenvalue weighted by Gasteiger charge is 2.16. The van der Waals surface area contributed by atoms with E-state index in [-0.39, 0.29) is 25.0 Å². The summed E-state index contributed by atoms with van der Waals surface area (Å²) < 4.78 is 34.7. The van der Waals surface area contributed by atoms with E-state index in [4.69, 9.17) is 8.37 Å². The molecule has 0 aromatic carbocycles. The van der Waals surface area contributed by atoms with Crippen molar-refractivity contribution in [1.82, 2.24) is 0 Å². The Morgan fingerprint density at radius 3 is 0.974 bits per heavy atom. The maximum atomic E-state index is 12.2. The van der Waals surface area contributed by atoms with Gasteiger partial charge in [-0.3, -0.25) is 0 Å². The van der Waals surface area contributed by atoms with Gasteiger partial charge in [0.05, 0.1) is 13.2 Å². The largest absolute Gasteiger partial charge is 0.399 e. The maximum absolute atomic E-state index is 12.2. The van der Waals surface area contributed by atoms with Crippen molar-refractivity contribution >= 4 is 10.4 Å². The van der Waals surface area contributed by atoms with E-state index in [1.165, 1.54) is 116 Å². The minimum absolute atomic E-state index is 0.226. The van der Waals surface area contributed by atoms with E-state index >= 15 is 0 Å². The molecule has 0 saturated heterocycles. The van der Waals surface area contributed by atoms with Gasteiger partial charge in [0.1, 0.15) is 0 Å². The summed E-state index contributed by atoms with van der Waals surface area (Å²) in [5.74, 6) is 2.24. The number of unbranched alkanes of at least 4 members (excludes halogenated alkanes) is 12. The molecule has 0 fully saturated rings. The molecule has 0 heterocycles. The Kier molecular flexibility index (Phi) is 26.7. The first kappa shape index (κ1) is 38.9. The van der Waals surface area contributed by atoms with Crippen LogP contribution in [0.25, 0.3) is 0 Å². The highest BCUT2D eigenvalue weighted by atomic mass is 32.3. The molecule has 5 heteroatoms. The van der Waals surface area contributed by atoms with Gasteiger partial charge in [0, 0.05) is 0 Å². The van der Waals surface area contributed by atoms with Crippen LogP contribution >= 0.6 is 0 Å². The van der Waals surface area contributed by atoms with E-state index in [1.807, 2.05) is 0 Å². The summed E-state index contributed by atoms with van der Waals surface area (Å²) >= 11 is 0. The zero-order valence-electron chi connectivity index (χ0n) is 27.3. The van der Waals surface area contributed by atoms with Gasteiger partial charge in [0.2, 0.25) is 0 Å². The number of rotatable bonds is 30. The predicted octanol–water partition coefficient (Wildman–Crippen LogP) is 11.4. The van der Waals surface area contributed by atoms with Gasteiger partial charge < -0.3 is 0 Å². The van der Waals surface area contributed by atoms with Gasteiger partial charge in [-0.15, -0.1) is 0 Å². The molecular weight excluding hydrogens is 504 g/mol. The fourth-order valence-electron chi connectivity index (χ4n) is 5.38. The van der Waals surface area contributed by atoms with Crippen LogP contribution in [-0.2, 0) is 18.8 Å². The van der Waals surface area contributed by atoms with Gasteiger partial charge in [-0.2, -0.15) is 8.42 Å². The second kappa shape index (κ2) is 26.7. The molecule has 0 spiro atoms. The second-order valence-electron chi connectivity index (χ2n) is 13.1. The Labute approximate surface area is 246 Å². The van der Waals surface area contributed by atoms with Crippen molar-refractivity contribution in [2.45, 2.75) is 183 Å². The standard InChI is InChI=1S/C34H70O4S/c1-7-9-23-31(3)25-19-15-11-13-17-21-27-33(5)29-37-39(35,36)38-30-34(6)28-22-18-14-12-16-20-26-32(4)24-10-8-2/h31-34H,7-30H2,1-6H3. The first-order valence-electron chi connectivity index (χ1n) is 17.2. The minimum atomic E-state index is -3.89. The summed E-state index contributed by atoms with van der Waals surface area (Å²) in [4.78, 5) is 0. The molecular formula is C34H70O4S. The van der Waals surface area contributed by atoms with Gasteiger partial charge in [-0.1, -0.05) is 170 Å². The SMILES string of the molecule is CCCCC(C)CCCCCCCCC(C)COS(=O)(=O)OCC(C)CCCCCCCCC(C)CCCC. The predicted molar refractivity (Wildman–Crippen MR) is 170 cm³/mol. The molecule has 0 aromatic heterocycles. The average molecular weight is 575 g/mol. The van der Waals surface area contributed by atoms with Crippen molar-refractivity contribution in [2.24, 2.45) is 23.7 Å². The van der Waals surface area contributed by atoms with Crippen molar-refractivity contribution in [3.63, 3.8) is 0 Å². The van der Waals surface area contributed by atoms with Gasteiger partial charge in [-0.25, -0.2) is 8.37 Å². The first-order valence-corrected chi connectivity index (χ1v) is 18.6. The van der Waals surface area contributed by atoms with Gasteiger partial charge >= 0.3 is 10.4 Å². The molecule has 0 bridgehead atoms. The molecule has 4 unspecified atom stereocenters.